The first kappa shape index (κ1) is 24.6. The Morgan fingerprint density at radius 1 is 1.09 bits per heavy atom. The molecule has 1 aliphatic heterocycles. The summed E-state index contributed by atoms with van der Waals surface area (Å²) >= 11 is 0. The van der Waals surface area contributed by atoms with E-state index < -0.39 is 6.10 Å². The van der Waals surface area contributed by atoms with E-state index in [0.717, 1.165) is 25.7 Å². The third-order valence-electron chi connectivity index (χ3n) is 12.1. The molecule has 0 spiro atoms. The number of allylic oxidation sites excluding steroid dienone is 2. The lowest BCUT2D eigenvalue weighted by Crippen LogP contribution is -2.57. The Balaban J connectivity index is 1.42. The van der Waals surface area contributed by atoms with Crippen LogP contribution >= 0.6 is 0 Å². The van der Waals surface area contributed by atoms with Crippen LogP contribution in [-0.4, -0.2) is 34.8 Å². The lowest BCUT2D eigenvalue weighted by molar-refractivity contribution is -0.145. The third kappa shape index (κ3) is 3.13. The highest BCUT2D eigenvalue weighted by molar-refractivity contribution is 5.85. The second kappa shape index (κ2) is 7.93. The molecule has 4 heteroatoms. The minimum absolute atomic E-state index is 0.0206. The number of fused-ring (bicyclic) bond motifs is 5. The van der Waals surface area contributed by atoms with Gasteiger partial charge in [0.25, 0.3) is 0 Å². The van der Waals surface area contributed by atoms with Gasteiger partial charge in [-0.25, -0.2) is 0 Å². The Labute approximate surface area is 206 Å². The first-order valence-electron chi connectivity index (χ1n) is 13.8. The van der Waals surface area contributed by atoms with Gasteiger partial charge in [0, 0.05) is 30.8 Å². The maximum atomic E-state index is 12.8. The van der Waals surface area contributed by atoms with Gasteiger partial charge in [-0.3, -0.25) is 4.79 Å². The van der Waals surface area contributed by atoms with Gasteiger partial charge in [0.1, 0.15) is 11.9 Å². The van der Waals surface area contributed by atoms with Crippen molar-refractivity contribution in [3.8, 4) is 0 Å². The number of ether oxygens (including phenoxy) is 1. The number of Topliss-reactive ketones (excluding diaryl/α,β-unsaturated/α-hetero) is 1. The zero-order valence-electron chi connectivity index (χ0n) is 22.2. The van der Waals surface area contributed by atoms with E-state index in [1.54, 1.807) is 5.57 Å². The Bertz CT molecular complexity index is 917. The molecule has 0 saturated heterocycles. The van der Waals surface area contributed by atoms with Crippen molar-refractivity contribution >= 4 is 5.78 Å². The highest BCUT2D eigenvalue weighted by Gasteiger charge is 2.65. The van der Waals surface area contributed by atoms with Gasteiger partial charge in [-0.1, -0.05) is 53.2 Å². The van der Waals surface area contributed by atoms with Crippen molar-refractivity contribution < 1.29 is 19.7 Å². The monoisotopic (exact) mass is 470 g/mol. The standard InChI is InChI=1S/C30H46O4/c1-18(16-31)26(33)23-15-19(17-34-23)20-9-13-30(6)22-7-8-24-27(2,3)25(32)11-12-28(24,4)21(22)10-14-29(20,30)5/h7,17-18,20-21,23-24,26,31,33H,8-16H2,1-6H3/t18-,20-,21-,23+,24?,26+,28+,29-,30+/m0/s1. The number of carbonyl (C=O) groups is 1. The number of aliphatic hydroxyl groups excluding tert-OH is 2. The van der Waals surface area contributed by atoms with Crippen molar-refractivity contribution in [1.29, 1.82) is 0 Å². The van der Waals surface area contributed by atoms with Gasteiger partial charge >= 0.3 is 0 Å². The minimum atomic E-state index is -0.634. The molecule has 5 aliphatic rings. The molecule has 0 amide bonds. The summed E-state index contributed by atoms with van der Waals surface area (Å²) in [6, 6.07) is 0. The van der Waals surface area contributed by atoms with Crippen LogP contribution in [0.2, 0.25) is 0 Å². The fourth-order valence-electron chi connectivity index (χ4n) is 9.50. The number of carbonyl (C=O) groups excluding carboxylic acids is 1. The topological polar surface area (TPSA) is 66.8 Å². The summed E-state index contributed by atoms with van der Waals surface area (Å²) in [4.78, 5) is 12.8. The molecule has 0 aromatic carbocycles. The highest BCUT2D eigenvalue weighted by Crippen LogP contribution is 2.73. The molecule has 4 aliphatic carbocycles. The van der Waals surface area contributed by atoms with Crippen LogP contribution in [0.15, 0.2) is 23.5 Å². The normalized spacial score (nSPS) is 47.0. The summed E-state index contributed by atoms with van der Waals surface area (Å²) in [5, 5.41) is 20.1. The molecule has 4 nitrogen and oxygen atoms in total. The van der Waals surface area contributed by atoms with Gasteiger partial charge < -0.3 is 14.9 Å². The molecule has 0 bridgehead atoms. The van der Waals surface area contributed by atoms with Crippen molar-refractivity contribution in [2.45, 2.75) is 105 Å². The van der Waals surface area contributed by atoms with E-state index >= 15 is 0 Å². The Morgan fingerprint density at radius 2 is 1.79 bits per heavy atom. The fraction of sp³-hybridized carbons (Fsp3) is 0.833. The first-order chi connectivity index (χ1) is 15.9. The van der Waals surface area contributed by atoms with Crippen molar-refractivity contribution in [2.75, 3.05) is 6.61 Å². The van der Waals surface area contributed by atoms with E-state index in [1.807, 2.05) is 13.2 Å². The van der Waals surface area contributed by atoms with Gasteiger partial charge in [0.05, 0.1) is 12.4 Å². The van der Waals surface area contributed by atoms with E-state index in [9.17, 15) is 15.0 Å². The number of rotatable bonds is 4. The molecule has 0 aromatic heterocycles. The van der Waals surface area contributed by atoms with E-state index in [0.29, 0.717) is 23.5 Å². The molecular formula is C30H46O4. The first-order valence-corrected chi connectivity index (χ1v) is 13.8. The lowest BCUT2D eigenvalue weighted by Gasteiger charge is -2.63. The number of hydrogen-bond acceptors (Lipinski definition) is 4. The number of ketones is 1. The zero-order chi connectivity index (χ0) is 24.7. The maximum absolute atomic E-state index is 12.8. The van der Waals surface area contributed by atoms with Gasteiger partial charge in [0.15, 0.2) is 0 Å². The number of hydrogen-bond donors (Lipinski definition) is 2. The largest absolute Gasteiger partial charge is 0.495 e. The van der Waals surface area contributed by atoms with Gasteiger partial charge in [-0.15, -0.1) is 0 Å². The fourth-order valence-corrected chi connectivity index (χ4v) is 9.50. The SMILES string of the molecule is C[C@@H](CO)[C@@H](O)[C@H]1CC([C@@H]2CC[C@]3(C)C4=CCC5C(C)(C)C(=O)CC[C@]5(C)[C@H]4CC[C@@]23C)=CO1. The molecule has 3 fully saturated rings. The molecule has 9 atom stereocenters. The van der Waals surface area contributed by atoms with Crippen LogP contribution in [0, 0.1) is 45.3 Å². The van der Waals surface area contributed by atoms with Gasteiger partial charge in [-0.05, 0) is 78.1 Å². The predicted octanol–water partition coefficient (Wildman–Crippen LogP) is 5.82. The molecule has 1 unspecified atom stereocenters. The molecule has 2 N–H and O–H groups in total. The van der Waals surface area contributed by atoms with E-state index in [1.165, 1.54) is 31.3 Å². The van der Waals surface area contributed by atoms with Crippen LogP contribution in [0.4, 0.5) is 0 Å². The Kier molecular flexibility index (Phi) is 5.73. The quantitative estimate of drug-likeness (QED) is 0.508. The highest BCUT2D eigenvalue weighted by atomic mass is 16.5. The zero-order valence-corrected chi connectivity index (χ0v) is 22.2. The average Bonchev–Trinajstić information content (AvgIpc) is 3.38. The lowest BCUT2D eigenvalue weighted by atomic mass is 9.41. The molecular weight excluding hydrogens is 424 g/mol. The molecule has 0 aromatic rings. The van der Waals surface area contributed by atoms with E-state index in [2.05, 4.69) is 40.7 Å². The van der Waals surface area contributed by atoms with Crippen LogP contribution < -0.4 is 0 Å². The van der Waals surface area contributed by atoms with Crippen molar-refractivity contribution in [2.24, 2.45) is 45.3 Å². The summed E-state index contributed by atoms with van der Waals surface area (Å²) in [5.41, 5.74) is 3.42. The molecule has 5 rings (SSSR count). The Hall–Kier alpha value is -1.13. The van der Waals surface area contributed by atoms with Crippen molar-refractivity contribution in [3.63, 3.8) is 0 Å². The summed E-state index contributed by atoms with van der Waals surface area (Å²) in [7, 11) is 0. The molecule has 34 heavy (non-hydrogen) atoms. The van der Waals surface area contributed by atoms with Crippen LogP contribution in [0.1, 0.15) is 92.9 Å². The molecule has 0 radical (unpaired) electrons. The van der Waals surface area contributed by atoms with Crippen molar-refractivity contribution in [3.05, 3.63) is 23.5 Å². The summed E-state index contributed by atoms with van der Waals surface area (Å²) in [5.74, 6) is 1.80. The van der Waals surface area contributed by atoms with Crippen LogP contribution in [0.3, 0.4) is 0 Å². The molecule has 190 valence electrons. The second-order valence-electron chi connectivity index (χ2n) is 13.8. The van der Waals surface area contributed by atoms with Crippen molar-refractivity contribution in [1.82, 2.24) is 0 Å². The molecule has 3 saturated carbocycles. The summed E-state index contributed by atoms with van der Waals surface area (Å²) in [6.45, 7) is 13.8. The predicted molar refractivity (Wildman–Crippen MR) is 134 cm³/mol. The maximum Gasteiger partial charge on any atom is 0.138 e. The summed E-state index contributed by atoms with van der Waals surface area (Å²) in [6.07, 6.45) is 12.1. The average molecular weight is 471 g/mol. The number of aliphatic hydroxyl groups is 2. The smallest absolute Gasteiger partial charge is 0.138 e. The van der Waals surface area contributed by atoms with Gasteiger partial charge in [0.2, 0.25) is 0 Å². The summed E-state index contributed by atoms with van der Waals surface area (Å²) < 4.78 is 5.98. The van der Waals surface area contributed by atoms with Gasteiger partial charge in [-0.2, -0.15) is 0 Å². The third-order valence-corrected chi connectivity index (χ3v) is 12.1. The van der Waals surface area contributed by atoms with Crippen LogP contribution in [-0.2, 0) is 9.53 Å². The second-order valence-corrected chi connectivity index (χ2v) is 13.8. The molecule has 1 heterocycles. The van der Waals surface area contributed by atoms with E-state index in [4.69, 9.17) is 4.74 Å². The van der Waals surface area contributed by atoms with Crippen LogP contribution in [0.5, 0.6) is 0 Å². The van der Waals surface area contributed by atoms with Crippen LogP contribution in [0.25, 0.3) is 0 Å². The Morgan fingerprint density at radius 3 is 2.50 bits per heavy atom. The van der Waals surface area contributed by atoms with E-state index in [-0.39, 0.29) is 40.3 Å². The minimum Gasteiger partial charge on any atom is -0.495 e.